The lowest BCUT2D eigenvalue weighted by molar-refractivity contribution is 0.471. The third kappa shape index (κ3) is 2.09. The molecule has 2 heterocycles. The first-order chi connectivity index (χ1) is 10.8. The van der Waals surface area contributed by atoms with Gasteiger partial charge in [0.15, 0.2) is 0 Å². The molecule has 0 unspecified atom stereocenters. The summed E-state index contributed by atoms with van der Waals surface area (Å²) < 4.78 is 7.07. The van der Waals surface area contributed by atoms with Crippen LogP contribution in [0, 0.1) is 11.3 Å². The Balaban J connectivity index is 1.96. The van der Waals surface area contributed by atoms with Gasteiger partial charge in [-0.15, -0.1) is 11.3 Å². The average Bonchev–Trinajstić information content (AvgIpc) is 3.05. The molecular formula is C18H10N2OS. The molecule has 0 aliphatic rings. The van der Waals surface area contributed by atoms with Crippen molar-refractivity contribution in [2.24, 2.45) is 0 Å². The van der Waals surface area contributed by atoms with Gasteiger partial charge in [0.25, 0.3) is 0 Å². The lowest BCUT2D eigenvalue weighted by atomic mass is 10.1. The Morgan fingerprint density at radius 1 is 1.00 bits per heavy atom. The van der Waals surface area contributed by atoms with Gasteiger partial charge in [-0.3, -0.25) is 0 Å². The second kappa shape index (κ2) is 5.14. The molecule has 2 aromatic heterocycles. The summed E-state index contributed by atoms with van der Waals surface area (Å²) in [7, 11) is 0. The molecule has 0 fully saturated rings. The molecule has 2 aromatic carbocycles. The summed E-state index contributed by atoms with van der Waals surface area (Å²) in [4.78, 5) is 4.61. The number of ether oxygens (including phenoxy) is 1. The molecule has 0 atom stereocenters. The van der Waals surface area contributed by atoms with Gasteiger partial charge in [0.1, 0.15) is 5.75 Å². The summed E-state index contributed by atoms with van der Waals surface area (Å²) in [5.41, 5.74) is 1.38. The Hall–Kier alpha value is -2.90. The summed E-state index contributed by atoms with van der Waals surface area (Å²) in [6.07, 6.45) is 0. The molecule has 3 nitrogen and oxygen atoms in total. The van der Waals surface area contributed by atoms with Gasteiger partial charge in [-0.05, 0) is 35.7 Å². The smallest absolute Gasteiger partial charge is 0.228 e. The van der Waals surface area contributed by atoms with Gasteiger partial charge in [-0.2, -0.15) is 5.26 Å². The van der Waals surface area contributed by atoms with Crippen molar-refractivity contribution in [3.05, 3.63) is 65.5 Å². The molecule has 4 rings (SSSR count). The van der Waals surface area contributed by atoms with Crippen LogP contribution in [0.5, 0.6) is 11.6 Å². The number of nitriles is 1. The van der Waals surface area contributed by atoms with Crippen molar-refractivity contribution >= 4 is 32.3 Å². The van der Waals surface area contributed by atoms with E-state index in [-0.39, 0.29) is 0 Å². The van der Waals surface area contributed by atoms with Crippen LogP contribution >= 0.6 is 11.3 Å². The number of nitrogens with zero attached hydrogens (tertiary/aromatic N) is 2. The third-order valence-corrected chi connectivity index (χ3v) is 4.39. The van der Waals surface area contributed by atoms with E-state index < -0.39 is 0 Å². The predicted molar refractivity (Wildman–Crippen MR) is 88.4 cm³/mol. The van der Waals surface area contributed by atoms with Crippen molar-refractivity contribution in [1.29, 1.82) is 5.26 Å². The Morgan fingerprint density at radius 3 is 2.68 bits per heavy atom. The van der Waals surface area contributed by atoms with Crippen molar-refractivity contribution in [3.63, 3.8) is 0 Å². The van der Waals surface area contributed by atoms with E-state index in [1.165, 1.54) is 0 Å². The van der Waals surface area contributed by atoms with Crippen molar-refractivity contribution in [2.75, 3.05) is 0 Å². The van der Waals surface area contributed by atoms with E-state index in [1.807, 2.05) is 53.9 Å². The minimum absolute atomic E-state index is 0.574. The molecule has 4 aromatic rings. The van der Waals surface area contributed by atoms with Crippen LogP contribution in [0.2, 0.25) is 0 Å². The fourth-order valence-electron chi connectivity index (χ4n) is 2.42. The number of benzene rings is 2. The molecule has 0 spiro atoms. The SMILES string of the molecule is N#Cc1ccc2c(c1)nc(Oc1ccccc1)c1ccsc12. The first-order valence-corrected chi connectivity index (χ1v) is 7.67. The molecule has 0 saturated heterocycles. The topological polar surface area (TPSA) is 45.9 Å². The highest BCUT2D eigenvalue weighted by Crippen LogP contribution is 2.36. The number of para-hydroxylation sites is 1. The van der Waals surface area contributed by atoms with Crippen LogP contribution in [0.25, 0.3) is 21.0 Å². The maximum absolute atomic E-state index is 9.07. The Bertz CT molecular complexity index is 1020. The van der Waals surface area contributed by atoms with Gasteiger partial charge in [0, 0.05) is 10.1 Å². The Labute approximate surface area is 131 Å². The number of aromatic nitrogens is 1. The van der Waals surface area contributed by atoms with Gasteiger partial charge in [0.05, 0.1) is 22.5 Å². The number of thiophene rings is 1. The largest absolute Gasteiger partial charge is 0.438 e. The standard InChI is InChI=1S/C18H10N2OS/c19-11-12-6-7-14-16(10-12)20-18(15-8-9-22-17(14)15)21-13-4-2-1-3-5-13/h1-10H. The summed E-state index contributed by atoms with van der Waals surface area (Å²) in [5, 5.41) is 13.1. The fourth-order valence-corrected chi connectivity index (χ4v) is 3.34. The number of hydrogen-bond acceptors (Lipinski definition) is 4. The minimum Gasteiger partial charge on any atom is -0.438 e. The molecular weight excluding hydrogens is 292 g/mol. The van der Waals surface area contributed by atoms with Crippen molar-refractivity contribution in [2.45, 2.75) is 0 Å². The van der Waals surface area contributed by atoms with Gasteiger partial charge in [0.2, 0.25) is 5.88 Å². The quantitative estimate of drug-likeness (QED) is 0.516. The predicted octanol–water partition coefficient (Wildman–Crippen LogP) is 5.11. The molecule has 104 valence electrons. The monoisotopic (exact) mass is 302 g/mol. The molecule has 0 aliphatic carbocycles. The van der Waals surface area contributed by atoms with Gasteiger partial charge >= 0.3 is 0 Å². The Morgan fingerprint density at radius 2 is 1.86 bits per heavy atom. The van der Waals surface area contributed by atoms with Crippen LogP contribution < -0.4 is 4.74 Å². The first-order valence-electron chi connectivity index (χ1n) is 6.79. The molecule has 0 amide bonds. The maximum Gasteiger partial charge on any atom is 0.228 e. The fraction of sp³-hybridized carbons (Fsp3) is 0. The number of fused-ring (bicyclic) bond motifs is 3. The van der Waals surface area contributed by atoms with Crippen molar-refractivity contribution in [3.8, 4) is 17.7 Å². The van der Waals surface area contributed by atoms with E-state index in [0.29, 0.717) is 11.4 Å². The lowest BCUT2D eigenvalue weighted by Gasteiger charge is -2.08. The van der Waals surface area contributed by atoms with Crippen LogP contribution in [0.3, 0.4) is 0 Å². The van der Waals surface area contributed by atoms with Crippen LogP contribution in [0.4, 0.5) is 0 Å². The Kier molecular flexibility index (Phi) is 2.99. The zero-order valence-electron chi connectivity index (χ0n) is 11.5. The highest BCUT2D eigenvalue weighted by atomic mass is 32.1. The minimum atomic E-state index is 0.574. The normalized spacial score (nSPS) is 10.7. The molecule has 0 aliphatic heterocycles. The lowest BCUT2D eigenvalue weighted by Crippen LogP contribution is -1.90. The van der Waals surface area contributed by atoms with Crippen LogP contribution in [-0.2, 0) is 0 Å². The zero-order chi connectivity index (χ0) is 14.9. The second-order valence-electron chi connectivity index (χ2n) is 4.84. The van der Waals surface area contributed by atoms with E-state index in [0.717, 1.165) is 26.7 Å². The summed E-state index contributed by atoms with van der Waals surface area (Å²) in [6, 6.07) is 19.3. The number of pyridine rings is 1. The highest BCUT2D eigenvalue weighted by molar-refractivity contribution is 7.18. The first kappa shape index (κ1) is 12.8. The average molecular weight is 302 g/mol. The van der Waals surface area contributed by atoms with E-state index in [9.17, 15) is 0 Å². The molecule has 0 saturated carbocycles. The molecule has 22 heavy (non-hydrogen) atoms. The maximum atomic E-state index is 9.07. The van der Waals surface area contributed by atoms with Crippen molar-refractivity contribution < 1.29 is 4.74 Å². The van der Waals surface area contributed by atoms with Crippen LogP contribution in [-0.4, -0.2) is 4.98 Å². The molecule has 0 N–H and O–H groups in total. The van der Waals surface area contributed by atoms with Crippen LogP contribution in [0.1, 0.15) is 5.56 Å². The molecule has 0 bridgehead atoms. The number of hydrogen-bond donors (Lipinski definition) is 0. The summed E-state index contributed by atoms with van der Waals surface area (Å²) in [5.74, 6) is 1.32. The summed E-state index contributed by atoms with van der Waals surface area (Å²) >= 11 is 1.65. The zero-order valence-corrected chi connectivity index (χ0v) is 12.3. The van der Waals surface area contributed by atoms with Gasteiger partial charge in [-0.1, -0.05) is 24.3 Å². The van der Waals surface area contributed by atoms with Gasteiger partial charge in [-0.25, -0.2) is 4.98 Å². The summed E-state index contributed by atoms with van der Waals surface area (Å²) in [6.45, 7) is 0. The second-order valence-corrected chi connectivity index (χ2v) is 5.76. The van der Waals surface area contributed by atoms with Crippen LogP contribution in [0.15, 0.2) is 60.0 Å². The highest BCUT2D eigenvalue weighted by Gasteiger charge is 2.12. The van der Waals surface area contributed by atoms with E-state index in [4.69, 9.17) is 10.00 Å². The van der Waals surface area contributed by atoms with Gasteiger partial charge < -0.3 is 4.74 Å². The molecule has 4 heteroatoms. The molecule has 0 radical (unpaired) electrons. The number of rotatable bonds is 2. The van der Waals surface area contributed by atoms with E-state index >= 15 is 0 Å². The third-order valence-electron chi connectivity index (χ3n) is 3.45. The van der Waals surface area contributed by atoms with E-state index in [1.54, 1.807) is 17.4 Å². The van der Waals surface area contributed by atoms with Crippen molar-refractivity contribution in [1.82, 2.24) is 4.98 Å². The van der Waals surface area contributed by atoms with E-state index in [2.05, 4.69) is 11.1 Å².